The van der Waals surface area contributed by atoms with Gasteiger partial charge >= 0.3 is 6.01 Å². The van der Waals surface area contributed by atoms with Crippen LogP contribution in [0.5, 0.6) is 0 Å². The predicted molar refractivity (Wildman–Crippen MR) is 116 cm³/mol. The Bertz CT molecular complexity index is 1060. The van der Waals surface area contributed by atoms with Gasteiger partial charge in [0.15, 0.2) is 5.69 Å². The quantitative estimate of drug-likeness (QED) is 0.663. The van der Waals surface area contributed by atoms with Gasteiger partial charge in [-0.15, -0.1) is 5.10 Å². The second kappa shape index (κ2) is 8.85. The monoisotopic (exact) mass is 421 g/mol. The highest BCUT2D eigenvalue weighted by Crippen LogP contribution is 2.32. The second-order valence-corrected chi connectivity index (χ2v) is 7.75. The molecule has 0 radical (unpaired) electrons. The van der Waals surface area contributed by atoms with Crippen molar-refractivity contribution in [3.8, 4) is 11.6 Å². The highest BCUT2D eigenvalue weighted by Gasteiger charge is 2.23. The van der Waals surface area contributed by atoms with Crippen LogP contribution in [0.25, 0.3) is 17.2 Å². The van der Waals surface area contributed by atoms with Crippen LogP contribution in [0.1, 0.15) is 24.8 Å². The maximum Gasteiger partial charge on any atom is 0.316 e. The molecule has 0 saturated carbocycles. The van der Waals surface area contributed by atoms with E-state index in [2.05, 4.69) is 50.8 Å². The zero-order chi connectivity index (χ0) is 21.0. The van der Waals surface area contributed by atoms with Crippen molar-refractivity contribution in [2.75, 3.05) is 36.5 Å². The molecule has 31 heavy (non-hydrogen) atoms. The molecule has 0 bridgehead atoms. The van der Waals surface area contributed by atoms with Crippen LogP contribution in [0.15, 0.2) is 53.1 Å². The number of anilines is 2. The summed E-state index contributed by atoms with van der Waals surface area (Å²) in [6.45, 7) is 2.50. The Labute approximate surface area is 180 Å². The number of ether oxygens (including phenoxy) is 1. The molecular weight excluding hydrogens is 397 g/mol. The molecule has 0 spiro atoms. The van der Waals surface area contributed by atoms with Crippen LogP contribution in [0, 0.1) is 5.82 Å². The van der Waals surface area contributed by atoms with Crippen molar-refractivity contribution < 1.29 is 13.5 Å². The molecule has 2 aliphatic rings. The van der Waals surface area contributed by atoms with Gasteiger partial charge in [0.2, 0.25) is 0 Å². The van der Waals surface area contributed by atoms with E-state index in [1.807, 2.05) is 11.0 Å². The molecule has 160 valence electrons. The molecule has 0 amide bonds. The largest absolute Gasteiger partial charge is 0.402 e. The average Bonchev–Trinajstić information content (AvgIpc) is 3.28. The van der Waals surface area contributed by atoms with Gasteiger partial charge in [-0.3, -0.25) is 0 Å². The van der Waals surface area contributed by atoms with Gasteiger partial charge in [-0.2, -0.15) is 0 Å². The van der Waals surface area contributed by atoms with E-state index in [4.69, 9.17) is 9.15 Å². The molecule has 1 saturated heterocycles. The van der Waals surface area contributed by atoms with Gasteiger partial charge in [-0.25, -0.2) is 9.37 Å². The number of allylic oxidation sites excluding steroid dienone is 1. The molecule has 1 N–H and O–H groups in total. The zero-order valence-corrected chi connectivity index (χ0v) is 17.1. The molecule has 1 atom stereocenters. The van der Waals surface area contributed by atoms with Crippen LogP contribution in [-0.4, -0.2) is 47.5 Å². The van der Waals surface area contributed by atoms with E-state index in [9.17, 15) is 4.39 Å². The Balaban J connectivity index is 1.32. The smallest absolute Gasteiger partial charge is 0.316 e. The number of benzene rings is 1. The first-order valence-corrected chi connectivity index (χ1v) is 10.6. The van der Waals surface area contributed by atoms with Crippen molar-refractivity contribution in [2.45, 2.75) is 25.3 Å². The lowest BCUT2D eigenvalue weighted by atomic mass is 9.90. The van der Waals surface area contributed by atoms with Crippen LogP contribution in [0.3, 0.4) is 0 Å². The molecule has 1 aromatic carbocycles. The number of nitrogens with zero attached hydrogens (tertiary/aromatic N) is 4. The molecular formula is C23H24FN5O2. The molecule has 1 fully saturated rings. The second-order valence-electron chi connectivity index (χ2n) is 7.75. The molecule has 8 heteroatoms. The fraction of sp³-hybridized carbons (Fsp3) is 0.348. The summed E-state index contributed by atoms with van der Waals surface area (Å²) in [5.41, 5.74) is 3.69. The van der Waals surface area contributed by atoms with E-state index in [1.165, 1.54) is 23.4 Å². The number of hydrogen-bond acceptors (Lipinski definition) is 7. The minimum Gasteiger partial charge on any atom is -0.402 e. The van der Waals surface area contributed by atoms with Crippen molar-refractivity contribution >= 4 is 17.3 Å². The summed E-state index contributed by atoms with van der Waals surface area (Å²) in [4.78, 5) is 6.28. The van der Waals surface area contributed by atoms with E-state index < -0.39 is 5.82 Å². The van der Waals surface area contributed by atoms with Gasteiger partial charge in [0.1, 0.15) is 5.82 Å². The third-order valence-electron chi connectivity index (χ3n) is 5.66. The fourth-order valence-corrected chi connectivity index (χ4v) is 4.11. The molecule has 0 unspecified atom stereocenters. The van der Waals surface area contributed by atoms with Gasteiger partial charge in [0.25, 0.3) is 5.89 Å². The van der Waals surface area contributed by atoms with Crippen LogP contribution >= 0.6 is 0 Å². The molecule has 5 rings (SSSR count). The molecule has 7 nitrogen and oxygen atoms in total. The Morgan fingerprint density at radius 3 is 2.77 bits per heavy atom. The zero-order valence-electron chi connectivity index (χ0n) is 17.1. The Hall–Kier alpha value is -3.26. The lowest BCUT2D eigenvalue weighted by molar-refractivity contribution is 0.122. The lowest BCUT2D eigenvalue weighted by Gasteiger charge is -2.29. The molecule has 2 aromatic heterocycles. The van der Waals surface area contributed by atoms with E-state index in [1.54, 1.807) is 0 Å². The normalized spacial score (nSPS) is 19.2. The summed E-state index contributed by atoms with van der Waals surface area (Å²) in [6.07, 6.45) is 6.33. The standard InChI is InChI=1S/C23H24FN5O2/c24-18-14-20(29-9-11-30-12-10-29)21(25-15-18)22-27-28-23(31-22)26-19-8-4-7-17(13-19)16-5-2-1-3-6-16/h1-3,5-7,14-15,19H,4,8-13H2,(H,26,28)/t19-/m0/s1. The minimum absolute atomic E-state index is 0.202. The highest BCUT2D eigenvalue weighted by atomic mass is 19.1. The predicted octanol–water partition coefficient (Wildman–Crippen LogP) is 4.16. The summed E-state index contributed by atoms with van der Waals surface area (Å²) >= 11 is 0. The first kappa shape index (κ1) is 19.7. The number of morpholine rings is 1. The van der Waals surface area contributed by atoms with Crippen LogP contribution in [0.4, 0.5) is 16.1 Å². The molecule has 1 aliphatic carbocycles. The first-order valence-electron chi connectivity index (χ1n) is 10.6. The molecule has 1 aliphatic heterocycles. The number of hydrogen-bond donors (Lipinski definition) is 1. The SMILES string of the molecule is Fc1cnc(-c2nnc(N[C@H]3CCC=C(c4ccccc4)C3)o2)c(N2CCOCC2)c1. The van der Waals surface area contributed by atoms with Crippen molar-refractivity contribution in [3.63, 3.8) is 0 Å². The topological polar surface area (TPSA) is 76.3 Å². The van der Waals surface area contributed by atoms with Crippen molar-refractivity contribution in [1.82, 2.24) is 15.2 Å². The van der Waals surface area contributed by atoms with Crippen molar-refractivity contribution in [3.05, 3.63) is 60.1 Å². The van der Waals surface area contributed by atoms with Gasteiger partial charge in [0.05, 0.1) is 25.1 Å². The Kier molecular flexibility index (Phi) is 5.62. The number of halogens is 1. The van der Waals surface area contributed by atoms with Gasteiger partial charge in [-0.1, -0.05) is 41.5 Å². The maximum absolute atomic E-state index is 13.9. The third-order valence-corrected chi connectivity index (χ3v) is 5.66. The Morgan fingerprint density at radius 1 is 1.10 bits per heavy atom. The minimum atomic E-state index is -0.398. The van der Waals surface area contributed by atoms with Crippen molar-refractivity contribution in [1.29, 1.82) is 0 Å². The summed E-state index contributed by atoms with van der Waals surface area (Å²) < 4.78 is 25.2. The van der Waals surface area contributed by atoms with Gasteiger partial charge in [0, 0.05) is 25.2 Å². The average molecular weight is 421 g/mol. The van der Waals surface area contributed by atoms with Crippen LogP contribution < -0.4 is 10.2 Å². The summed E-state index contributed by atoms with van der Waals surface area (Å²) in [6, 6.07) is 12.4. The number of aromatic nitrogens is 3. The Morgan fingerprint density at radius 2 is 1.94 bits per heavy atom. The van der Waals surface area contributed by atoms with E-state index >= 15 is 0 Å². The third kappa shape index (κ3) is 4.44. The summed E-state index contributed by atoms with van der Waals surface area (Å²) in [7, 11) is 0. The van der Waals surface area contributed by atoms with E-state index in [0.717, 1.165) is 19.3 Å². The lowest BCUT2D eigenvalue weighted by Crippen LogP contribution is -2.36. The number of rotatable bonds is 5. The van der Waals surface area contributed by atoms with E-state index in [-0.39, 0.29) is 11.9 Å². The van der Waals surface area contributed by atoms with Gasteiger partial charge in [-0.05, 0) is 30.4 Å². The van der Waals surface area contributed by atoms with Crippen LogP contribution in [-0.2, 0) is 4.74 Å². The summed E-state index contributed by atoms with van der Waals surface area (Å²) in [5.74, 6) is -0.121. The fourth-order valence-electron chi connectivity index (χ4n) is 4.11. The molecule has 3 heterocycles. The number of nitrogens with one attached hydrogen (secondary N) is 1. The maximum atomic E-state index is 13.9. The van der Waals surface area contributed by atoms with Crippen molar-refractivity contribution in [2.24, 2.45) is 0 Å². The number of pyridine rings is 1. The van der Waals surface area contributed by atoms with E-state index in [0.29, 0.717) is 43.7 Å². The van der Waals surface area contributed by atoms with Gasteiger partial charge < -0.3 is 19.4 Å². The first-order chi connectivity index (χ1) is 15.3. The highest BCUT2D eigenvalue weighted by molar-refractivity contribution is 5.70. The molecule has 3 aromatic rings. The summed E-state index contributed by atoms with van der Waals surface area (Å²) in [5, 5.41) is 11.7. The van der Waals surface area contributed by atoms with Crippen LogP contribution in [0.2, 0.25) is 0 Å².